The van der Waals surface area contributed by atoms with E-state index < -0.39 is 0 Å². The third-order valence-corrected chi connectivity index (χ3v) is 5.28. The summed E-state index contributed by atoms with van der Waals surface area (Å²) in [7, 11) is 0. The Kier molecular flexibility index (Phi) is 3.90. The van der Waals surface area contributed by atoms with Gasteiger partial charge in [-0.1, -0.05) is 23.4 Å². The second kappa shape index (κ2) is 6.20. The first-order valence-corrected chi connectivity index (χ1v) is 8.88. The van der Waals surface area contributed by atoms with Crippen LogP contribution in [0, 0.1) is 6.92 Å². The zero-order valence-corrected chi connectivity index (χ0v) is 14.5. The summed E-state index contributed by atoms with van der Waals surface area (Å²) in [5, 5.41) is 6.21. The molecule has 0 N–H and O–H groups in total. The molecule has 4 rings (SSSR count). The summed E-state index contributed by atoms with van der Waals surface area (Å²) in [4.78, 5) is 10.4. The van der Waals surface area contributed by atoms with Crippen molar-refractivity contribution in [3.63, 3.8) is 0 Å². The molecule has 0 aliphatic carbocycles. The standard InChI is InChI=1S/C18H18N4OS/c1-12(16-8-5-11-24-16)18-20-17(21-23-18)9-10-22-13(2)19-14-6-3-4-7-15(14)22/h3-8,11-12H,9-10H2,1-2H3/t12-/m0/s1. The van der Waals surface area contributed by atoms with Gasteiger partial charge in [-0.2, -0.15) is 4.98 Å². The Morgan fingerprint density at radius 2 is 2.04 bits per heavy atom. The molecule has 3 heterocycles. The van der Waals surface area contributed by atoms with E-state index in [0.29, 0.717) is 5.89 Å². The molecule has 0 aliphatic heterocycles. The SMILES string of the molecule is Cc1nc2ccccc2n1CCc1noc([C@@H](C)c2cccs2)n1. The molecule has 0 saturated heterocycles. The van der Waals surface area contributed by atoms with Gasteiger partial charge < -0.3 is 9.09 Å². The Hall–Kier alpha value is -2.47. The lowest BCUT2D eigenvalue weighted by Gasteiger charge is -2.04. The van der Waals surface area contributed by atoms with Crippen molar-refractivity contribution >= 4 is 22.4 Å². The highest BCUT2D eigenvalue weighted by molar-refractivity contribution is 7.10. The van der Waals surface area contributed by atoms with E-state index in [0.717, 1.165) is 35.6 Å². The molecule has 0 radical (unpaired) electrons. The number of fused-ring (bicyclic) bond motifs is 1. The quantitative estimate of drug-likeness (QED) is 0.548. The Morgan fingerprint density at radius 1 is 1.17 bits per heavy atom. The number of aryl methyl sites for hydroxylation is 3. The van der Waals surface area contributed by atoms with Crippen molar-refractivity contribution < 1.29 is 4.52 Å². The molecule has 4 aromatic rings. The molecule has 3 aromatic heterocycles. The van der Waals surface area contributed by atoms with Gasteiger partial charge in [-0.15, -0.1) is 11.3 Å². The van der Waals surface area contributed by atoms with Crippen LogP contribution < -0.4 is 0 Å². The molecule has 0 aliphatic rings. The minimum absolute atomic E-state index is 0.141. The highest BCUT2D eigenvalue weighted by Gasteiger charge is 2.17. The van der Waals surface area contributed by atoms with E-state index in [1.807, 2.05) is 31.2 Å². The summed E-state index contributed by atoms with van der Waals surface area (Å²) in [6.07, 6.45) is 0.724. The number of nitrogens with zero attached hydrogens (tertiary/aromatic N) is 4. The molecule has 0 fully saturated rings. The van der Waals surface area contributed by atoms with E-state index in [2.05, 4.69) is 44.1 Å². The smallest absolute Gasteiger partial charge is 0.234 e. The van der Waals surface area contributed by atoms with Gasteiger partial charge in [-0.3, -0.25) is 0 Å². The summed E-state index contributed by atoms with van der Waals surface area (Å²) in [5.74, 6) is 2.57. The molecule has 0 spiro atoms. The summed E-state index contributed by atoms with van der Waals surface area (Å²) >= 11 is 1.71. The Morgan fingerprint density at radius 3 is 2.88 bits per heavy atom. The molecule has 0 unspecified atom stereocenters. The molecule has 0 bridgehead atoms. The zero-order chi connectivity index (χ0) is 16.5. The van der Waals surface area contributed by atoms with Crippen LogP contribution in [0.25, 0.3) is 11.0 Å². The maximum atomic E-state index is 5.46. The van der Waals surface area contributed by atoms with Crippen LogP contribution in [0.1, 0.15) is 35.3 Å². The van der Waals surface area contributed by atoms with Crippen LogP contribution in [0.3, 0.4) is 0 Å². The Labute approximate surface area is 144 Å². The van der Waals surface area contributed by atoms with E-state index >= 15 is 0 Å². The van der Waals surface area contributed by atoms with Gasteiger partial charge in [0.2, 0.25) is 5.89 Å². The Bertz CT molecular complexity index is 955. The van der Waals surface area contributed by atoms with Crippen molar-refractivity contribution in [2.24, 2.45) is 0 Å². The van der Waals surface area contributed by atoms with Crippen LogP contribution in [0.15, 0.2) is 46.3 Å². The van der Waals surface area contributed by atoms with Crippen molar-refractivity contribution in [2.45, 2.75) is 32.7 Å². The third-order valence-electron chi connectivity index (χ3n) is 4.23. The normalized spacial score (nSPS) is 12.8. The monoisotopic (exact) mass is 338 g/mol. The van der Waals surface area contributed by atoms with Crippen molar-refractivity contribution in [3.8, 4) is 0 Å². The first-order chi connectivity index (χ1) is 11.7. The van der Waals surface area contributed by atoms with E-state index in [-0.39, 0.29) is 5.92 Å². The minimum Gasteiger partial charge on any atom is -0.339 e. The molecule has 6 heteroatoms. The molecule has 122 valence electrons. The lowest BCUT2D eigenvalue weighted by Crippen LogP contribution is -2.04. The van der Waals surface area contributed by atoms with Gasteiger partial charge in [-0.25, -0.2) is 4.98 Å². The van der Waals surface area contributed by atoms with Crippen molar-refractivity contribution in [1.82, 2.24) is 19.7 Å². The van der Waals surface area contributed by atoms with Crippen LogP contribution >= 0.6 is 11.3 Å². The maximum absolute atomic E-state index is 5.46. The van der Waals surface area contributed by atoms with Crippen LogP contribution in [-0.4, -0.2) is 19.7 Å². The van der Waals surface area contributed by atoms with Crippen LogP contribution in [0.4, 0.5) is 0 Å². The fraction of sp³-hybridized carbons (Fsp3) is 0.278. The van der Waals surface area contributed by atoms with Gasteiger partial charge in [0.05, 0.1) is 17.0 Å². The number of imidazole rings is 1. The fourth-order valence-corrected chi connectivity index (χ4v) is 3.67. The molecule has 1 aromatic carbocycles. The van der Waals surface area contributed by atoms with E-state index in [1.54, 1.807) is 11.3 Å². The largest absolute Gasteiger partial charge is 0.339 e. The molecule has 1 atom stereocenters. The zero-order valence-electron chi connectivity index (χ0n) is 13.6. The summed E-state index contributed by atoms with van der Waals surface area (Å²) in [6, 6.07) is 12.3. The summed E-state index contributed by atoms with van der Waals surface area (Å²) < 4.78 is 7.66. The first-order valence-electron chi connectivity index (χ1n) is 8.00. The molecule has 5 nitrogen and oxygen atoms in total. The average molecular weight is 338 g/mol. The highest BCUT2D eigenvalue weighted by Crippen LogP contribution is 2.26. The highest BCUT2D eigenvalue weighted by atomic mass is 32.1. The topological polar surface area (TPSA) is 56.7 Å². The van der Waals surface area contributed by atoms with E-state index in [9.17, 15) is 0 Å². The van der Waals surface area contributed by atoms with Crippen LogP contribution in [0.5, 0.6) is 0 Å². The predicted octanol–water partition coefficient (Wildman–Crippen LogP) is 4.18. The predicted molar refractivity (Wildman–Crippen MR) is 94.3 cm³/mol. The van der Waals surface area contributed by atoms with Gasteiger partial charge in [-0.05, 0) is 37.4 Å². The van der Waals surface area contributed by atoms with Gasteiger partial charge in [0.25, 0.3) is 0 Å². The fourth-order valence-electron chi connectivity index (χ4n) is 2.89. The summed E-state index contributed by atoms with van der Waals surface area (Å²) in [6.45, 7) is 4.91. The molecular weight excluding hydrogens is 320 g/mol. The lowest BCUT2D eigenvalue weighted by molar-refractivity contribution is 0.365. The lowest BCUT2D eigenvalue weighted by atomic mass is 10.1. The second-order valence-corrected chi connectivity index (χ2v) is 6.81. The minimum atomic E-state index is 0.141. The number of aromatic nitrogens is 4. The van der Waals surface area contributed by atoms with Crippen molar-refractivity contribution in [1.29, 1.82) is 0 Å². The van der Waals surface area contributed by atoms with Crippen molar-refractivity contribution in [2.75, 3.05) is 0 Å². The van der Waals surface area contributed by atoms with Gasteiger partial charge in [0.15, 0.2) is 5.82 Å². The molecular formula is C18H18N4OS. The average Bonchev–Trinajstić information content (AvgIpc) is 3.32. The van der Waals surface area contributed by atoms with Crippen molar-refractivity contribution in [3.05, 3.63) is 64.2 Å². The van der Waals surface area contributed by atoms with Gasteiger partial charge in [0, 0.05) is 17.8 Å². The molecule has 24 heavy (non-hydrogen) atoms. The number of thiophene rings is 1. The Balaban J connectivity index is 1.51. The van der Waals surface area contributed by atoms with E-state index in [4.69, 9.17) is 4.52 Å². The van der Waals surface area contributed by atoms with Gasteiger partial charge in [0.1, 0.15) is 5.82 Å². The molecule has 0 amide bonds. The first kappa shape index (κ1) is 15.1. The van der Waals surface area contributed by atoms with E-state index in [1.165, 1.54) is 4.88 Å². The number of hydrogen-bond acceptors (Lipinski definition) is 5. The number of hydrogen-bond donors (Lipinski definition) is 0. The maximum Gasteiger partial charge on any atom is 0.234 e. The second-order valence-electron chi connectivity index (χ2n) is 5.84. The van der Waals surface area contributed by atoms with Gasteiger partial charge >= 0.3 is 0 Å². The molecule has 0 saturated carbocycles. The number of rotatable bonds is 5. The third kappa shape index (κ3) is 2.73. The number of benzene rings is 1. The van der Waals surface area contributed by atoms with Crippen LogP contribution in [-0.2, 0) is 13.0 Å². The summed E-state index contributed by atoms with van der Waals surface area (Å²) in [5.41, 5.74) is 2.17. The number of para-hydroxylation sites is 2. The van der Waals surface area contributed by atoms with Crippen LogP contribution in [0.2, 0.25) is 0 Å².